The maximum atomic E-state index is 4.57. The summed E-state index contributed by atoms with van der Waals surface area (Å²) >= 11 is 0. The van der Waals surface area contributed by atoms with Gasteiger partial charge in [-0.3, -0.25) is 0 Å². The summed E-state index contributed by atoms with van der Waals surface area (Å²) in [6, 6.07) is 12.6. The van der Waals surface area contributed by atoms with E-state index in [1.54, 1.807) is 0 Å². The molecule has 3 rings (SSSR count). The fourth-order valence-electron chi connectivity index (χ4n) is 2.26. The van der Waals surface area contributed by atoms with E-state index in [1.165, 1.54) is 5.56 Å². The van der Waals surface area contributed by atoms with Gasteiger partial charge in [0.1, 0.15) is 0 Å². The average molecular weight is 265 g/mol. The van der Waals surface area contributed by atoms with Gasteiger partial charge in [0, 0.05) is 23.5 Å². The Balaban J connectivity index is 2.02. The first-order chi connectivity index (χ1) is 9.43. The molecule has 0 aliphatic heterocycles. The largest absolute Gasteiger partial charge is 0.234 e. The summed E-state index contributed by atoms with van der Waals surface area (Å²) in [7, 11) is 0. The van der Waals surface area contributed by atoms with Crippen LogP contribution in [0.2, 0.25) is 0 Å². The van der Waals surface area contributed by atoms with E-state index in [2.05, 4.69) is 55.1 Å². The molecule has 102 valence electrons. The highest BCUT2D eigenvalue weighted by Crippen LogP contribution is 2.25. The second-order valence-corrected chi connectivity index (χ2v) is 6.23. The summed E-state index contributed by atoms with van der Waals surface area (Å²) in [5.41, 5.74) is 5.49. The summed E-state index contributed by atoms with van der Waals surface area (Å²) in [5, 5.41) is 4.57. The van der Waals surface area contributed by atoms with Crippen LogP contribution in [0.4, 0.5) is 0 Å². The molecule has 0 spiro atoms. The van der Waals surface area contributed by atoms with Crippen molar-refractivity contribution in [1.29, 1.82) is 0 Å². The molecule has 2 aromatic heterocycles. The number of hydrogen-bond donors (Lipinski definition) is 0. The number of fused-ring (bicyclic) bond motifs is 1. The Bertz CT molecular complexity index is 746. The molecule has 3 heteroatoms. The van der Waals surface area contributed by atoms with Gasteiger partial charge in [-0.1, -0.05) is 45.0 Å². The third-order valence-electron chi connectivity index (χ3n) is 3.51. The van der Waals surface area contributed by atoms with Gasteiger partial charge in [-0.2, -0.15) is 5.10 Å². The molecule has 0 aliphatic rings. The maximum absolute atomic E-state index is 4.57. The van der Waals surface area contributed by atoms with Crippen molar-refractivity contribution in [3.63, 3.8) is 0 Å². The second kappa shape index (κ2) is 4.44. The molecule has 0 radical (unpaired) electrons. The monoisotopic (exact) mass is 265 g/mol. The topological polar surface area (TPSA) is 30.2 Å². The highest BCUT2D eigenvalue weighted by atomic mass is 15.2. The first-order valence-electron chi connectivity index (χ1n) is 6.87. The van der Waals surface area contributed by atoms with Crippen molar-refractivity contribution in [2.75, 3.05) is 0 Å². The fraction of sp³-hybridized carbons (Fsp3) is 0.294. The van der Waals surface area contributed by atoms with Crippen molar-refractivity contribution in [2.45, 2.75) is 33.1 Å². The maximum Gasteiger partial charge on any atom is 0.155 e. The van der Waals surface area contributed by atoms with Crippen LogP contribution in [-0.4, -0.2) is 14.6 Å². The van der Waals surface area contributed by atoms with Crippen molar-refractivity contribution >= 4 is 5.65 Å². The van der Waals surface area contributed by atoms with E-state index < -0.39 is 0 Å². The van der Waals surface area contributed by atoms with E-state index in [-0.39, 0.29) is 5.41 Å². The molecule has 0 aliphatic carbocycles. The van der Waals surface area contributed by atoms with Crippen molar-refractivity contribution in [2.24, 2.45) is 0 Å². The van der Waals surface area contributed by atoms with E-state index in [0.29, 0.717) is 0 Å². The van der Waals surface area contributed by atoms with Crippen LogP contribution >= 0.6 is 0 Å². The SMILES string of the molecule is Cc1ccn2nc(-c3ccc(C(C)(C)C)cc3)cc2n1. The van der Waals surface area contributed by atoms with E-state index in [4.69, 9.17) is 0 Å². The van der Waals surface area contributed by atoms with Crippen LogP contribution in [0.15, 0.2) is 42.6 Å². The number of aryl methyl sites for hydroxylation is 1. The third kappa shape index (κ3) is 2.31. The standard InChI is InChI=1S/C17H19N3/c1-12-9-10-20-16(18-12)11-15(19-20)13-5-7-14(8-6-13)17(2,3)4/h5-11H,1-4H3. The average Bonchev–Trinajstić information content (AvgIpc) is 2.80. The smallest absolute Gasteiger partial charge is 0.155 e. The molecule has 0 bridgehead atoms. The van der Waals surface area contributed by atoms with Crippen LogP contribution in [-0.2, 0) is 5.41 Å². The van der Waals surface area contributed by atoms with Gasteiger partial charge in [0.05, 0.1) is 5.69 Å². The van der Waals surface area contributed by atoms with Gasteiger partial charge in [-0.25, -0.2) is 9.50 Å². The summed E-state index contributed by atoms with van der Waals surface area (Å²) < 4.78 is 1.82. The molecule has 0 fully saturated rings. The summed E-state index contributed by atoms with van der Waals surface area (Å²) in [4.78, 5) is 4.48. The van der Waals surface area contributed by atoms with Crippen molar-refractivity contribution in [1.82, 2.24) is 14.6 Å². The van der Waals surface area contributed by atoms with Gasteiger partial charge in [0.2, 0.25) is 0 Å². The molecule has 3 nitrogen and oxygen atoms in total. The van der Waals surface area contributed by atoms with E-state index in [1.807, 2.05) is 29.8 Å². The lowest BCUT2D eigenvalue weighted by atomic mass is 9.86. The van der Waals surface area contributed by atoms with Crippen LogP contribution in [0, 0.1) is 6.92 Å². The second-order valence-electron chi connectivity index (χ2n) is 6.23. The predicted octanol–water partition coefficient (Wildman–Crippen LogP) is 4.00. The van der Waals surface area contributed by atoms with Gasteiger partial charge in [-0.15, -0.1) is 0 Å². The number of benzene rings is 1. The Morgan fingerprint density at radius 2 is 1.70 bits per heavy atom. The summed E-state index contributed by atoms with van der Waals surface area (Å²) in [6.45, 7) is 8.66. The van der Waals surface area contributed by atoms with Gasteiger partial charge < -0.3 is 0 Å². The van der Waals surface area contributed by atoms with Gasteiger partial charge in [-0.05, 0) is 24.0 Å². The number of rotatable bonds is 1. The lowest BCUT2D eigenvalue weighted by molar-refractivity contribution is 0.590. The molecule has 1 aromatic carbocycles. The predicted molar refractivity (Wildman–Crippen MR) is 81.9 cm³/mol. The minimum absolute atomic E-state index is 0.177. The summed E-state index contributed by atoms with van der Waals surface area (Å²) in [5.74, 6) is 0. The molecule has 3 aromatic rings. The van der Waals surface area contributed by atoms with Crippen molar-refractivity contribution in [3.05, 3.63) is 53.9 Å². The number of aromatic nitrogens is 3. The minimum atomic E-state index is 0.177. The quantitative estimate of drug-likeness (QED) is 0.665. The Hall–Kier alpha value is -2.16. The highest BCUT2D eigenvalue weighted by Gasteiger charge is 2.13. The minimum Gasteiger partial charge on any atom is -0.234 e. The molecule has 0 saturated carbocycles. The van der Waals surface area contributed by atoms with E-state index >= 15 is 0 Å². The normalized spacial score (nSPS) is 12.0. The third-order valence-corrected chi connectivity index (χ3v) is 3.51. The van der Waals surface area contributed by atoms with E-state index in [0.717, 1.165) is 22.6 Å². The zero-order valence-corrected chi connectivity index (χ0v) is 12.4. The van der Waals surface area contributed by atoms with Crippen LogP contribution in [0.25, 0.3) is 16.9 Å². The molecule has 0 unspecified atom stereocenters. The van der Waals surface area contributed by atoms with Crippen LogP contribution < -0.4 is 0 Å². The Kier molecular flexibility index (Phi) is 2.85. The van der Waals surface area contributed by atoms with Crippen molar-refractivity contribution < 1.29 is 0 Å². The molecule has 0 saturated heterocycles. The van der Waals surface area contributed by atoms with Crippen LogP contribution in [0.5, 0.6) is 0 Å². The molecular weight excluding hydrogens is 246 g/mol. The first kappa shape index (κ1) is 12.9. The van der Waals surface area contributed by atoms with Crippen molar-refractivity contribution in [3.8, 4) is 11.3 Å². The highest BCUT2D eigenvalue weighted by molar-refractivity contribution is 5.64. The molecular formula is C17H19N3. The van der Waals surface area contributed by atoms with Crippen LogP contribution in [0.1, 0.15) is 32.0 Å². The molecule has 0 amide bonds. The number of hydrogen-bond acceptors (Lipinski definition) is 2. The van der Waals surface area contributed by atoms with Crippen LogP contribution in [0.3, 0.4) is 0 Å². The Morgan fingerprint density at radius 3 is 2.35 bits per heavy atom. The van der Waals surface area contributed by atoms with Gasteiger partial charge in [0.15, 0.2) is 5.65 Å². The first-order valence-corrected chi connectivity index (χ1v) is 6.87. The fourth-order valence-corrected chi connectivity index (χ4v) is 2.26. The number of nitrogens with zero attached hydrogens (tertiary/aromatic N) is 3. The lowest BCUT2D eigenvalue weighted by Gasteiger charge is -2.18. The Labute approximate surface area is 119 Å². The zero-order valence-electron chi connectivity index (χ0n) is 12.4. The molecule has 0 N–H and O–H groups in total. The molecule has 2 heterocycles. The molecule has 20 heavy (non-hydrogen) atoms. The molecule has 0 atom stereocenters. The zero-order chi connectivity index (χ0) is 14.3. The lowest BCUT2D eigenvalue weighted by Crippen LogP contribution is -2.10. The van der Waals surface area contributed by atoms with Gasteiger partial charge >= 0.3 is 0 Å². The summed E-state index contributed by atoms with van der Waals surface area (Å²) in [6.07, 6.45) is 1.95. The van der Waals surface area contributed by atoms with Gasteiger partial charge in [0.25, 0.3) is 0 Å². The van der Waals surface area contributed by atoms with E-state index in [9.17, 15) is 0 Å². The Morgan fingerprint density at radius 1 is 1.00 bits per heavy atom.